The van der Waals surface area contributed by atoms with E-state index in [1.54, 1.807) is 6.92 Å². The van der Waals surface area contributed by atoms with Gasteiger partial charge in [-0.1, -0.05) is 6.92 Å². The molecule has 0 saturated carbocycles. The third kappa shape index (κ3) is 2.37. The van der Waals surface area contributed by atoms with Crippen molar-refractivity contribution in [1.82, 2.24) is 0 Å². The summed E-state index contributed by atoms with van der Waals surface area (Å²) in [6.45, 7) is 1.73. The molecule has 0 spiro atoms. The molecule has 0 saturated heterocycles. The van der Waals surface area contributed by atoms with Crippen molar-refractivity contribution in [2.24, 2.45) is 4.99 Å². The van der Waals surface area contributed by atoms with Gasteiger partial charge in [0.1, 0.15) is 0 Å². The molecule has 0 aliphatic carbocycles. The maximum atomic E-state index is 10.8. The Morgan fingerprint density at radius 1 is 1.83 bits per heavy atom. The van der Waals surface area contributed by atoms with E-state index in [0.717, 1.165) is 0 Å². The quantitative estimate of drug-likeness (QED) is 0.517. The number of ether oxygens (including phenoxy) is 1. The molecule has 0 aromatic heterocycles. The van der Waals surface area contributed by atoms with Crippen LogP contribution >= 0.6 is 12.2 Å². The van der Waals surface area contributed by atoms with E-state index < -0.39 is 11.5 Å². The molecule has 0 heterocycles. The van der Waals surface area contributed by atoms with Crippen LogP contribution in [0, 0.1) is 0 Å². The maximum absolute atomic E-state index is 10.8. The van der Waals surface area contributed by atoms with Gasteiger partial charge in [-0.05, 0) is 18.6 Å². The minimum Gasteiger partial charge on any atom is -0.479 e. The predicted molar refractivity (Wildman–Crippen MR) is 47.6 cm³/mol. The molecule has 0 bridgehead atoms. The van der Waals surface area contributed by atoms with Crippen LogP contribution in [0.1, 0.15) is 13.3 Å². The van der Waals surface area contributed by atoms with Gasteiger partial charge in [-0.25, -0.2) is 9.79 Å². The summed E-state index contributed by atoms with van der Waals surface area (Å²) in [5, 5.41) is 10.9. The van der Waals surface area contributed by atoms with Crippen molar-refractivity contribution in [3.63, 3.8) is 0 Å². The first kappa shape index (κ1) is 11.2. The highest BCUT2D eigenvalue weighted by Crippen LogP contribution is 2.15. The zero-order chi connectivity index (χ0) is 9.61. The van der Waals surface area contributed by atoms with Crippen molar-refractivity contribution in [3.8, 4) is 0 Å². The average molecular weight is 189 g/mol. The lowest BCUT2D eigenvalue weighted by Gasteiger charge is -2.20. The molecule has 5 heteroatoms. The first-order valence-electron chi connectivity index (χ1n) is 3.44. The van der Waals surface area contributed by atoms with Gasteiger partial charge in [0.05, 0.1) is 11.8 Å². The molecule has 12 heavy (non-hydrogen) atoms. The number of hydrogen-bond donors (Lipinski definition) is 1. The van der Waals surface area contributed by atoms with Crippen LogP contribution in [0.25, 0.3) is 0 Å². The van der Waals surface area contributed by atoms with E-state index in [9.17, 15) is 4.79 Å². The third-order valence-electron chi connectivity index (χ3n) is 1.63. The number of hydrogen-bond acceptors (Lipinski definition) is 4. The van der Waals surface area contributed by atoms with E-state index in [2.05, 4.69) is 22.4 Å². The first-order valence-corrected chi connectivity index (χ1v) is 3.85. The number of methoxy groups -OCH3 is 1. The van der Waals surface area contributed by atoms with Crippen LogP contribution in [0.2, 0.25) is 0 Å². The lowest BCUT2D eigenvalue weighted by molar-refractivity contribution is -0.145. The van der Waals surface area contributed by atoms with Crippen molar-refractivity contribution >= 4 is 23.3 Å². The second-order valence-electron chi connectivity index (χ2n) is 2.33. The van der Waals surface area contributed by atoms with Gasteiger partial charge in [-0.2, -0.15) is 0 Å². The summed E-state index contributed by atoms with van der Waals surface area (Å²) in [5.74, 6) is -1.04. The highest BCUT2D eigenvalue weighted by Gasteiger charge is 2.36. The fourth-order valence-corrected chi connectivity index (χ4v) is 0.975. The van der Waals surface area contributed by atoms with E-state index in [1.807, 2.05) is 0 Å². The largest absolute Gasteiger partial charge is 0.479 e. The van der Waals surface area contributed by atoms with Crippen LogP contribution in [0.5, 0.6) is 0 Å². The number of carboxylic acid groups (broad SMARTS) is 1. The molecule has 0 aromatic carbocycles. The number of carbonyl (C=O) groups is 1. The molecule has 1 atom stereocenters. The van der Waals surface area contributed by atoms with E-state index in [-0.39, 0.29) is 6.61 Å². The van der Waals surface area contributed by atoms with Crippen molar-refractivity contribution in [2.75, 3.05) is 13.7 Å². The van der Waals surface area contributed by atoms with E-state index in [0.29, 0.717) is 6.42 Å². The molecular weight excluding hydrogens is 178 g/mol. The van der Waals surface area contributed by atoms with Gasteiger partial charge >= 0.3 is 5.97 Å². The molecule has 0 radical (unpaired) electrons. The molecule has 1 N–H and O–H groups in total. The minimum absolute atomic E-state index is 0.0163. The molecule has 0 rings (SSSR count). The van der Waals surface area contributed by atoms with Crippen LogP contribution in [-0.4, -0.2) is 35.5 Å². The Balaban J connectivity index is 4.74. The van der Waals surface area contributed by atoms with Crippen molar-refractivity contribution in [1.29, 1.82) is 0 Å². The third-order valence-corrected chi connectivity index (χ3v) is 1.72. The summed E-state index contributed by atoms with van der Waals surface area (Å²) in [5.41, 5.74) is -1.25. The summed E-state index contributed by atoms with van der Waals surface area (Å²) in [6, 6.07) is 0. The predicted octanol–water partition coefficient (Wildman–Crippen LogP) is 0.969. The van der Waals surface area contributed by atoms with Crippen LogP contribution in [0.3, 0.4) is 0 Å². The topological polar surface area (TPSA) is 58.9 Å². The number of isothiocyanates is 1. The Labute approximate surface area is 76.3 Å². The van der Waals surface area contributed by atoms with Gasteiger partial charge < -0.3 is 9.84 Å². The van der Waals surface area contributed by atoms with E-state index in [1.165, 1.54) is 7.11 Å². The van der Waals surface area contributed by atoms with Crippen LogP contribution < -0.4 is 0 Å². The Morgan fingerprint density at radius 3 is 2.67 bits per heavy atom. The minimum atomic E-state index is -1.25. The molecule has 0 aromatic rings. The zero-order valence-corrected chi connectivity index (χ0v) is 7.85. The number of carboxylic acids is 1. The Kier molecular flexibility index (Phi) is 4.66. The fraction of sp³-hybridized carbons (Fsp3) is 0.714. The standard InChI is InChI=1S/C7H11NO3S/c1-3-7(4-11-2,6(9)10)8-5-12/h3-4H2,1-2H3,(H,9,10). The van der Waals surface area contributed by atoms with Crippen molar-refractivity contribution < 1.29 is 14.6 Å². The summed E-state index contributed by atoms with van der Waals surface area (Å²) in [6.07, 6.45) is 0.333. The smallest absolute Gasteiger partial charge is 0.334 e. The number of thiocarbonyl (C=S) groups is 1. The van der Waals surface area contributed by atoms with Gasteiger partial charge in [0.15, 0.2) is 5.54 Å². The number of aliphatic imine (C=N–C) groups is 1. The van der Waals surface area contributed by atoms with Gasteiger partial charge in [0.25, 0.3) is 0 Å². The zero-order valence-electron chi connectivity index (χ0n) is 7.03. The Hall–Kier alpha value is -0.770. The molecule has 0 aliphatic heterocycles. The van der Waals surface area contributed by atoms with Gasteiger partial charge in [0.2, 0.25) is 0 Å². The number of nitrogens with zero attached hydrogens (tertiary/aromatic N) is 1. The summed E-state index contributed by atoms with van der Waals surface area (Å²) in [7, 11) is 1.42. The van der Waals surface area contributed by atoms with E-state index >= 15 is 0 Å². The van der Waals surface area contributed by atoms with Crippen molar-refractivity contribution in [3.05, 3.63) is 0 Å². The first-order chi connectivity index (χ1) is 5.63. The summed E-state index contributed by atoms with van der Waals surface area (Å²) >= 11 is 4.36. The van der Waals surface area contributed by atoms with Crippen LogP contribution in [0.15, 0.2) is 4.99 Å². The number of rotatable bonds is 5. The lowest BCUT2D eigenvalue weighted by atomic mass is 9.99. The SMILES string of the molecule is CCC(COC)(N=C=S)C(=O)O. The average Bonchev–Trinajstić information content (AvgIpc) is 2.03. The van der Waals surface area contributed by atoms with Crippen LogP contribution in [-0.2, 0) is 9.53 Å². The van der Waals surface area contributed by atoms with Gasteiger partial charge in [0, 0.05) is 7.11 Å². The molecule has 0 amide bonds. The molecule has 0 fully saturated rings. The van der Waals surface area contributed by atoms with E-state index in [4.69, 9.17) is 9.84 Å². The lowest BCUT2D eigenvalue weighted by Crippen LogP contribution is -2.40. The normalized spacial score (nSPS) is 14.5. The fourth-order valence-electron chi connectivity index (χ4n) is 0.800. The Bertz CT molecular complexity index is 209. The molecule has 4 nitrogen and oxygen atoms in total. The monoisotopic (exact) mass is 189 g/mol. The Morgan fingerprint density at radius 2 is 2.42 bits per heavy atom. The second-order valence-corrected chi connectivity index (χ2v) is 2.51. The summed E-state index contributed by atoms with van der Waals surface area (Å²) < 4.78 is 4.75. The number of aliphatic carboxylic acids is 1. The van der Waals surface area contributed by atoms with Gasteiger partial charge in [-0.15, -0.1) is 0 Å². The second kappa shape index (κ2) is 4.98. The van der Waals surface area contributed by atoms with Crippen LogP contribution in [0.4, 0.5) is 0 Å². The highest BCUT2D eigenvalue weighted by atomic mass is 32.1. The highest BCUT2D eigenvalue weighted by molar-refractivity contribution is 7.78. The summed E-state index contributed by atoms with van der Waals surface area (Å²) in [4.78, 5) is 14.4. The molecule has 68 valence electrons. The molecule has 1 unspecified atom stereocenters. The molecular formula is C7H11NO3S. The maximum Gasteiger partial charge on any atom is 0.334 e. The van der Waals surface area contributed by atoms with Crippen molar-refractivity contribution in [2.45, 2.75) is 18.9 Å². The van der Waals surface area contributed by atoms with Gasteiger partial charge in [-0.3, -0.25) is 0 Å². The molecule has 0 aliphatic rings.